The third kappa shape index (κ3) is 3.81. The van der Waals surface area contributed by atoms with E-state index in [1.54, 1.807) is 7.11 Å². The lowest BCUT2D eigenvalue weighted by Gasteiger charge is -2.25. The van der Waals surface area contributed by atoms with E-state index < -0.39 is 0 Å². The minimum Gasteiger partial charge on any atom is -0.497 e. The predicted octanol–water partition coefficient (Wildman–Crippen LogP) is 6.76. The van der Waals surface area contributed by atoms with Gasteiger partial charge < -0.3 is 4.74 Å². The average Bonchev–Trinajstić information content (AvgIpc) is 2.93. The largest absolute Gasteiger partial charge is 0.497 e. The second-order valence-electron chi connectivity index (χ2n) is 8.25. The molecule has 0 saturated carbocycles. The van der Waals surface area contributed by atoms with Crippen LogP contribution in [0.3, 0.4) is 0 Å². The van der Waals surface area contributed by atoms with Crippen molar-refractivity contribution >= 4 is 5.57 Å². The van der Waals surface area contributed by atoms with E-state index in [-0.39, 0.29) is 5.41 Å². The number of allylic oxidation sites excluding steroid dienone is 2. The van der Waals surface area contributed by atoms with Crippen molar-refractivity contribution in [3.8, 4) is 16.9 Å². The molecule has 0 fully saturated rings. The molecule has 0 aliphatic heterocycles. The third-order valence-corrected chi connectivity index (χ3v) is 5.25. The first-order valence-electron chi connectivity index (χ1n) is 9.39. The molecule has 0 atom stereocenters. The number of methoxy groups -OCH3 is 1. The zero-order chi connectivity index (χ0) is 18.0. The van der Waals surface area contributed by atoms with Crippen LogP contribution < -0.4 is 4.74 Å². The molecule has 1 aliphatic rings. The van der Waals surface area contributed by atoms with Gasteiger partial charge in [0.25, 0.3) is 0 Å². The number of hydrogen-bond acceptors (Lipinski definition) is 1. The summed E-state index contributed by atoms with van der Waals surface area (Å²) in [5, 5.41) is 0. The molecular formula is C24H30O. The van der Waals surface area contributed by atoms with Gasteiger partial charge in [-0.1, -0.05) is 64.1 Å². The molecule has 0 saturated heterocycles. The molecule has 132 valence electrons. The van der Waals surface area contributed by atoms with E-state index in [4.69, 9.17) is 4.74 Å². The molecule has 0 spiro atoms. The Hall–Kier alpha value is -2.02. The van der Waals surface area contributed by atoms with Crippen molar-refractivity contribution in [1.82, 2.24) is 0 Å². The Labute approximate surface area is 152 Å². The Morgan fingerprint density at radius 2 is 1.84 bits per heavy atom. The number of rotatable bonds is 5. The highest BCUT2D eigenvalue weighted by atomic mass is 16.5. The Morgan fingerprint density at radius 1 is 1.04 bits per heavy atom. The molecule has 1 nitrogen and oxygen atoms in total. The molecule has 0 amide bonds. The Kier molecular flexibility index (Phi) is 5.03. The highest BCUT2D eigenvalue weighted by Gasteiger charge is 2.30. The average molecular weight is 335 g/mol. The second-order valence-corrected chi connectivity index (χ2v) is 8.25. The van der Waals surface area contributed by atoms with Gasteiger partial charge in [0, 0.05) is 0 Å². The van der Waals surface area contributed by atoms with Gasteiger partial charge >= 0.3 is 0 Å². The predicted molar refractivity (Wildman–Crippen MR) is 108 cm³/mol. The first kappa shape index (κ1) is 17.8. The van der Waals surface area contributed by atoms with Crippen LogP contribution in [-0.4, -0.2) is 7.11 Å². The van der Waals surface area contributed by atoms with Gasteiger partial charge in [-0.15, -0.1) is 0 Å². The zero-order valence-corrected chi connectivity index (χ0v) is 16.2. The summed E-state index contributed by atoms with van der Waals surface area (Å²) in [7, 11) is 1.73. The van der Waals surface area contributed by atoms with Crippen LogP contribution in [0.2, 0.25) is 0 Å². The summed E-state index contributed by atoms with van der Waals surface area (Å²) in [5.74, 6) is 1.58. The summed E-state index contributed by atoms with van der Waals surface area (Å²) in [6, 6.07) is 15.4. The van der Waals surface area contributed by atoms with Gasteiger partial charge in [0.05, 0.1) is 7.11 Å². The monoisotopic (exact) mass is 334 g/mol. The maximum atomic E-state index is 5.44. The second kappa shape index (κ2) is 7.07. The van der Waals surface area contributed by atoms with E-state index in [0.717, 1.165) is 12.2 Å². The highest BCUT2D eigenvalue weighted by molar-refractivity contribution is 5.85. The standard InChI is InChI=1S/C24H30O/c1-17(2)14-18-11-12-21(19-8-6-9-20(16-19)25-5)22(15-18)23-10-7-13-24(23,3)4/h6,8-12,15-17H,7,13-14H2,1-5H3. The molecule has 25 heavy (non-hydrogen) atoms. The summed E-state index contributed by atoms with van der Waals surface area (Å²) in [6.07, 6.45) is 5.97. The fourth-order valence-electron chi connectivity index (χ4n) is 3.92. The third-order valence-electron chi connectivity index (χ3n) is 5.25. The summed E-state index contributed by atoms with van der Waals surface area (Å²) in [5.41, 5.74) is 7.11. The van der Waals surface area contributed by atoms with Crippen LogP contribution in [-0.2, 0) is 6.42 Å². The van der Waals surface area contributed by atoms with E-state index in [2.05, 4.69) is 70.2 Å². The summed E-state index contributed by atoms with van der Waals surface area (Å²) in [4.78, 5) is 0. The maximum absolute atomic E-state index is 5.44. The van der Waals surface area contributed by atoms with E-state index >= 15 is 0 Å². The van der Waals surface area contributed by atoms with Gasteiger partial charge in [0.15, 0.2) is 0 Å². The van der Waals surface area contributed by atoms with Crippen molar-refractivity contribution in [2.75, 3.05) is 7.11 Å². The Balaban J connectivity index is 2.14. The molecule has 2 aromatic carbocycles. The van der Waals surface area contributed by atoms with Gasteiger partial charge in [-0.25, -0.2) is 0 Å². The van der Waals surface area contributed by atoms with Gasteiger partial charge in [0.1, 0.15) is 5.75 Å². The van der Waals surface area contributed by atoms with Gasteiger partial charge in [-0.05, 0) is 70.6 Å². The van der Waals surface area contributed by atoms with E-state index in [1.165, 1.54) is 40.7 Å². The molecule has 2 aromatic rings. The molecule has 0 unspecified atom stereocenters. The number of benzene rings is 2. The fourth-order valence-corrected chi connectivity index (χ4v) is 3.92. The van der Waals surface area contributed by atoms with E-state index in [0.29, 0.717) is 5.92 Å². The van der Waals surface area contributed by atoms with Crippen LogP contribution in [0.25, 0.3) is 16.7 Å². The maximum Gasteiger partial charge on any atom is 0.119 e. The first-order chi connectivity index (χ1) is 11.9. The molecule has 0 heterocycles. The molecule has 0 N–H and O–H groups in total. The number of hydrogen-bond donors (Lipinski definition) is 0. The molecular weight excluding hydrogens is 304 g/mol. The smallest absolute Gasteiger partial charge is 0.119 e. The van der Waals surface area contributed by atoms with Crippen LogP contribution >= 0.6 is 0 Å². The molecule has 1 heteroatoms. The van der Waals surface area contributed by atoms with Crippen LogP contribution in [0, 0.1) is 11.3 Å². The van der Waals surface area contributed by atoms with Crippen molar-refractivity contribution in [2.24, 2.45) is 11.3 Å². The lowest BCUT2D eigenvalue weighted by atomic mass is 9.79. The number of ether oxygens (including phenoxy) is 1. The lowest BCUT2D eigenvalue weighted by molar-refractivity contribution is 0.415. The molecule has 1 aliphatic carbocycles. The Bertz CT molecular complexity index is 780. The van der Waals surface area contributed by atoms with Crippen molar-refractivity contribution in [1.29, 1.82) is 0 Å². The van der Waals surface area contributed by atoms with Gasteiger partial charge in [-0.2, -0.15) is 0 Å². The molecule has 0 aromatic heterocycles. The molecule has 0 radical (unpaired) electrons. The van der Waals surface area contributed by atoms with Crippen LogP contribution in [0.1, 0.15) is 51.7 Å². The summed E-state index contributed by atoms with van der Waals surface area (Å²) in [6.45, 7) is 9.31. The quantitative estimate of drug-likeness (QED) is 0.586. The van der Waals surface area contributed by atoms with Gasteiger partial charge in [-0.3, -0.25) is 0 Å². The summed E-state index contributed by atoms with van der Waals surface area (Å²) >= 11 is 0. The zero-order valence-electron chi connectivity index (χ0n) is 16.2. The van der Waals surface area contributed by atoms with E-state index in [9.17, 15) is 0 Å². The molecule has 0 bridgehead atoms. The van der Waals surface area contributed by atoms with E-state index in [1.807, 2.05) is 6.07 Å². The first-order valence-corrected chi connectivity index (χ1v) is 9.39. The molecule has 3 rings (SSSR count). The van der Waals surface area contributed by atoms with Crippen molar-refractivity contribution in [3.05, 3.63) is 59.7 Å². The fraction of sp³-hybridized carbons (Fsp3) is 0.417. The normalized spacial score (nSPS) is 16.2. The van der Waals surface area contributed by atoms with Crippen LogP contribution in [0.4, 0.5) is 0 Å². The van der Waals surface area contributed by atoms with Crippen molar-refractivity contribution in [3.63, 3.8) is 0 Å². The highest BCUT2D eigenvalue weighted by Crippen LogP contribution is 2.47. The van der Waals surface area contributed by atoms with Gasteiger partial charge in [0.2, 0.25) is 0 Å². The Morgan fingerprint density at radius 3 is 2.48 bits per heavy atom. The van der Waals surface area contributed by atoms with Crippen molar-refractivity contribution < 1.29 is 4.74 Å². The lowest BCUT2D eigenvalue weighted by Crippen LogP contribution is -2.10. The van der Waals surface area contributed by atoms with Crippen molar-refractivity contribution in [2.45, 2.75) is 47.0 Å². The minimum absolute atomic E-state index is 0.240. The summed E-state index contributed by atoms with van der Waals surface area (Å²) < 4.78 is 5.44. The minimum atomic E-state index is 0.240. The van der Waals surface area contributed by atoms with Crippen LogP contribution in [0.15, 0.2) is 48.5 Å². The van der Waals surface area contributed by atoms with Crippen LogP contribution in [0.5, 0.6) is 5.75 Å². The SMILES string of the molecule is COc1cccc(-c2ccc(CC(C)C)cc2C2=CCCC2(C)C)c1. The topological polar surface area (TPSA) is 9.23 Å².